The summed E-state index contributed by atoms with van der Waals surface area (Å²) < 4.78 is 4.89. The maximum Gasteiger partial charge on any atom is 0.0897 e. The minimum atomic E-state index is -0.381. The molecule has 1 saturated heterocycles. The number of rotatable bonds is 6. The second kappa shape index (κ2) is 7.22. The Morgan fingerprint density at radius 2 is 2.00 bits per heavy atom. The number of nitrogens with one attached hydrogen (secondary N) is 1. The molecule has 0 aliphatic carbocycles. The van der Waals surface area contributed by atoms with Gasteiger partial charge in [0.25, 0.3) is 0 Å². The van der Waals surface area contributed by atoms with Crippen LogP contribution in [0.5, 0.6) is 0 Å². The molecule has 0 bridgehead atoms. The van der Waals surface area contributed by atoms with Gasteiger partial charge in [-0.05, 0) is 39.8 Å². The summed E-state index contributed by atoms with van der Waals surface area (Å²) in [5.74, 6) is 0. The molecule has 2 N–H and O–H groups in total. The van der Waals surface area contributed by atoms with Crippen molar-refractivity contribution in [1.29, 1.82) is 0 Å². The maximum atomic E-state index is 9.52. The van der Waals surface area contributed by atoms with E-state index in [2.05, 4.69) is 24.1 Å². The Hall–Kier alpha value is -0.160. The molecule has 1 fully saturated rings. The van der Waals surface area contributed by atoms with E-state index in [4.69, 9.17) is 4.74 Å². The van der Waals surface area contributed by atoms with Crippen LogP contribution in [-0.4, -0.2) is 61.5 Å². The van der Waals surface area contributed by atoms with E-state index in [0.29, 0.717) is 25.2 Å². The Morgan fingerprint density at radius 3 is 2.50 bits per heavy atom. The number of methoxy groups -OCH3 is 1. The molecule has 1 rings (SSSR count). The molecule has 0 amide bonds. The first-order valence-corrected chi connectivity index (χ1v) is 6.28. The summed E-state index contributed by atoms with van der Waals surface area (Å²) in [5.41, 5.74) is 0. The average molecular weight is 230 g/mol. The van der Waals surface area contributed by atoms with E-state index in [0.717, 1.165) is 13.1 Å². The number of aliphatic hydroxyl groups excluding tert-OH is 1. The highest BCUT2D eigenvalue weighted by Gasteiger charge is 2.20. The van der Waals surface area contributed by atoms with E-state index in [9.17, 15) is 5.11 Å². The number of piperidine rings is 1. The van der Waals surface area contributed by atoms with Crippen molar-refractivity contribution < 1.29 is 9.84 Å². The third-order valence-corrected chi connectivity index (χ3v) is 3.26. The van der Waals surface area contributed by atoms with Gasteiger partial charge in [-0.25, -0.2) is 0 Å². The van der Waals surface area contributed by atoms with Crippen molar-refractivity contribution in [2.24, 2.45) is 0 Å². The molecule has 0 aromatic heterocycles. The smallest absolute Gasteiger partial charge is 0.0897 e. The third-order valence-electron chi connectivity index (χ3n) is 3.26. The number of ether oxygens (including phenoxy) is 1. The summed E-state index contributed by atoms with van der Waals surface area (Å²) >= 11 is 0. The van der Waals surface area contributed by atoms with Crippen molar-refractivity contribution in [2.75, 3.05) is 33.4 Å². The first-order chi connectivity index (χ1) is 7.63. The molecule has 1 unspecified atom stereocenters. The molecule has 0 radical (unpaired) electrons. The molecule has 0 saturated carbocycles. The van der Waals surface area contributed by atoms with Gasteiger partial charge in [0.05, 0.1) is 12.7 Å². The molecule has 4 nitrogen and oxygen atoms in total. The zero-order valence-electron chi connectivity index (χ0n) is 10.8. The molecule has 1 aliphatic rings. The van der Waals surface area contributed by atoms with Gasteiger partial charge < -0.3 is 20.1 Å². The van der Waals surface area contributed by atoms with Crippen LogP contribution in [0.3, 0.4) is 0 Å². The molecule has 1 aliphatic heterocycles. The number of nitrogens with zero attached hydrogens (tertiary/aromatic N) is 1. The summed E-state index contributed by atoms with van der Waals surface area (Å²) in [6.45, 7) is 7.87. The first kappa shape index (κ1) is 13.9. The molecular weight excluding hydrogens is 204 g/mol. The lowest BCUT2D eigenvalue weighted by Crippen LogP contribution is -2.46. The minimum absolute atomic E-state index is 0.381. The molecule has 16 heavy (non-hydrogen) atoms. The molecule has 0 spiro atoms. The van der Waals surface area contributed by atoms with Gasteiger partial charge in [0.2, 0.25) is 0 Å². The van der Waals surface area contributed by atoms with Crippen LogP contribution < -0.4 is 5.32 Å². The SMILES string of the molecule is COCC(O)CNC1CCN(C(C)C)CC1. The van der Waals surface area contributed by atoms with E-state index >= 15 is 0 Å². The molecule has 0 aromatic rings. The molecule has 96 valence electrons. The van der Waals surface area contributed by atoms with Crippen LogP contribution in [0.1, 0.15) is 26.7 Å². The molecule has 0 aromatic carbocycles. The lowest BCUT2D eigenvalue weighted by atomic mass is 10.0. The summed E-state index contributed by atoms with van der Waals surface area (Å²) in [7, 11) is 1.62. The number of hydrogen-bond donors (Lipinski definition) is 2. The van der Waals surface area contributed by atoms with Crippen LogP contribution in [-0.2, 0) is 4.74 Å². The Balaban J connectivity index is 2.12. The van der Waals surface area contributed by atoms with Crippen molar-refractivity contribution >= 4 is 0 Å². The summed E-state index contributed by atoms with van der Waals surface area (Å²) in [6.07, 6.45) is 1.98. The van der Waals surface area contributed by atoms with Gasteiger partial charge in [-0.1, -0.05) is 0 Å². The predicted molar refractivity (Wildman–Crippen MR) is 65.6 cm³/mol. The van der Waals surface area contributed by atoms with Gasteiger partial charge >= 0.3 is 0 Å². The first-order valence-electron chi connectivity index (χ1n) is 6.28. The Labute approximate surface area is 99.0 Å². The highest BCUT2D eigenvalue weighted by molar-refractivity contribution is 4.79. The molecule has 4 heteroatoms. The Morgan fingerprint density at radius 1 is 1.38 bits per heavy atom. The predicted octanol–water partition coefficient (Wildman–Crippen LogP) is 0.456. The minimum Gasteiger partial charge on any atom is -0.389 e. The lowest BCUT2D eigenvalue weighted by Gasteiger charge is -2.35. The quantitative estimate of drug-likeness (QED) is 0.696. The van der Waals surface area contributed by atoms with E-state index in [-0.39, 0.29) is 6.10 Å². The fourth-order valence-corrected chi connectivity index (χ4v) is 2.17. The van der Waals surface area contributed by atoms with Gasteiger partial charge in [-0.15, -0.1) is 0 Å². The topological polar surface area (TPSA) is 44.7 Å². The fourth-order valence-electron chi connectivity index (χ4n) is 2.17. The van der Waals surface area contributed by atoms with Gasteiger partial charge in [0, 0.05) is 25.7 Å². The van der Waals surface area contributed by atoms with E-state index in [1.54, 1.807) is 7.11 Å². The number of aliphatic hydroxyl groups is 1. The van der Waals surface area contributed by atoms with E-state index in [1.165, 1.54) is 12.8 Å². The fraction of sp³-hybridized carbons (Fsp3) is 1.00. The summed E-state index contributed by atoms with van der Waals surface area (Å²) in [6, 6.07) is 1.21. The van der Waals surface area contributed by atoms with Crippen LogP contribution in [0.25, 0.3) is 0 Å². The van der Waals surface area contributed by atoms with Gasteiger partial charge in [0.1, 0.15) is 0 Å². The van der Waals surface area contributed by atoms with Crippen LogP contribution in [0, 0.1) is 0 Å². The monoisotopic (exact) mass is 230 g/mol. The Bertz CT molecular complexity index is 180. The molecular formula is C12H26N2O2. The zero-order valence-corrected chi connectivity index (χ0v) is 10.8. The average Bonchev–Trinajstić information content (AvgIpc) is 2.27. The van der Waals surface area contributed by atoms with Crippen molar-refractivity contribution in [3.8, 4) is 0 Å². The van der Waals surface area contributed by atoms with Crippen molar-refractivity contribution in [1.82, 2.24) is 10.2 Å². The standard InChI is InChI=1S/C12H26N2O2/c1-10(2)14-6-4-11(5-7-14)13-8-12(15)9-16-3/h10-13,15H,4-9H2,1-3H3. The van der Waals surface area contributed by atoms with Gasteiger partial charge in [-0.2, -0.15) is 0 Å². The second-order valence-electron chi connectivity index (χ2n) is 4.92. The number of hydrogen-bond acceptors (Lipinski definition) is 4. The largest absolute Gasteiger partial charge is 0.389 e. The van der Waals surface area contributed by atoms with Crippen LogP contribution in [0.2, 0.25) is 0 Å². The van der Waals surface area contributed by atoms with Crippen LogP contribution in [0.4, 0.5) is 0 Å². The summed E-state index contributed by atoms with van der Waals surface area (Å²) in [5, 5.41) is 12.9. The van der Waals surface area contributed by atoms with E-state index < -0.39 is 0 Å². The number of likely N-dealkylation sites (tertiary alicyclic amines) is 1. The lowest BCUT2D eigenvalue weighted by molar-refractivity contribution is 0.0596. The summed E-state index contributed by atoms with van der Waals surface area (Å²) in [4.78, 5) is 2.50. The van der Waals surface area contributed by atoms with Gasteiger partial charge in [0.15, 0.2) is 0 Å². The molecule has 1 heterocycles. The Kier molecular flexibility index (Phi) is 6.28. The van der Waals surface area contributed by atoms with Crippen molar-refractivity contribution in [2.45, 2.75) is 44.9 Å². The highest BCUT2D eigenvalue weighted by atomic mass is 16.5. The van der Waals surface area contributed by atoms with Gasteiger partial charge in [-0.3, -0.25) is 0 Å². The van der Waals surface area contributed by atoms with Crippen LogP contribution in [0.15, 0.2) is 0 Å². The third kappa shape index (κ3) is 4.78. The zero-order chi connectivity index (χ0) is 12.0. The normalized spacial score (nSPS) is 21.6. The van der Waals surface area contributed by atoms with Crippen molar-refractivity contribution in [3.05, 3.63) is 0 Å². The molecule has 1 atom stereocenters. The van der Waals surface area contributed by atoms with Crippen molar-refractivity contribution in [3.63, 3.8) is 0 Å². The second-order valence-corrected chi connectivity index (χ2v) is 4.92. The van der Waals surface area contributed by atoms with Crippen LogP contribution >= 0.6 is 0 Å². The highest BCUT2D eigenvalue weighted by Crippen LogP contribution is 2.12. The van der Waals surface area contributed by atoms with E-state index in [1.807, 2.05) is 0 Å². The maximum absolute atomic E-state index is 9.52.